The number of anilines is 1. The van der Waals surface area contributed by atoms with Crippen LogP contribution in [0, 0.1) is 0 Å². The van der Waals surface area contributed by atoms with Gasteiger partial charge in [-0.2, -0.15) is 0 Å². The average Bonchev–Trinajstić information content (AvgIpc) is 2.77. The Kier molecular flexibility index (Phi) is 7.75. The van der Waals surface area contributed by atoms with Crippen molar-refractivity contribution >= 4 is 34.2 Å². The Hall–Kier alpha value is -3.23. The SMILES string of the molecule is CCCNC(=O)Nc1ccc(Oc2ccnc3cc(OCCO)c(OC)cc23)cc1Cl. The first-order chi connectivity index (χ1) is 15.0. The monoisotopic (exact) mass is 445 g/mol. The topological polar surface area (TPSA) is 102 Å². The molecule has 0 fully saturated rings. The molecule has 31 heavy (non-hydrogen) atoms. The second kappa shape index (κ2) is 10.7. The minimum Gasteiger partial charge on any atom is -0.493 e. The lowest BCUT2D eigenvalue weighted by Gasteiger charge is -2.14. The summed E-state index contributed by atoms with van der Waals surface area (Å²) in [6.45, 7) is 2.59. The molecule has 0 aliphatic rings. The molecule has 1 heterocycles. The fourth-order valence-electron chi connectivity index (χ4n) is 2.84. The lowest BCUT2D eigenvalue weighted by atomic mass is 10.1. The average molecular weight is 446 g/mol. The van der Waals surface area contributed by atoms with Gasteiger partial charge in [0.15, 0.2) is 11.5 Å². The first kappa shape index (κ1) is 22.5. The van der Waals surface area contributed by atoms with Crippen molar-refractivity contribution in [1.29, 1.82) is 0 Å². The molecule has 3 rings (SSSR count). The second-order valence-corrected chi connectivity index (χ2v) is 6.93. The third kappa shape index (κ3) is 5.68. The molecule has 3 aromatic rings. The lowest BCUT2D eigenvalue weighted by molar-refractivity contribution is 0.196. The van der Waals surface area contributed by atoms with Gasteiger partial charge in [-0.15, -0.1) is 0 Å². The Morgan fingerprint density at radius 2 is 2.00 bits per heavy atom. The van der Waals surface area contributed by atoms with Crippen molar-refractivity contribution in [1.82, 2.24) is 10.3 Å². The normalized spacial score (nSPS) is 10.6. The van der Waals surface area contributed by atoms with Crippen LogP contribution in [0.4, 0.5) is 10.5 Å². The van der Waals surface area contributed by atoms with Crippen molar-refractivity contribution in [2.45, 2.75) is 13.3 Å². The van der Waals surface area contributed by atoms with Gasteiger partial charge in [-0.25, -0.2) is 4.79 Å². The highest BCUT2D eigenvalue weighted by molar-refractivity contribution is 6.33. The smallest absolute Gasteiger partial charge is 0.319 e. The molecule has 0 saturated carbocycles. The number of aromatic nitrogens is 1. The molecule has 0 atom stereocenters. The number of nitrogens with zero attached hydrogens (tertiary/aromatic N) is 1. The second-order valence-electron chi connectivity index (χ2n) is 6.53. The molecule has 3 N–H and O–H groups in total. The fraction of sp³-hybridized carbons (Fsp3) is 0.273. The van der Waals surface area contributed by atoms with Crippen LogP contribution in [0.2, 0.25) is 5.02 Å². The molecule has 2 aromatic carbocycles. The van der Waals surface area contributed by atoms with E-state index in [-0.39, 0.29) is 19.2 Å². The number of methoxy groups -OCH3 is 1. The number of halogens is 1. The first-order valence-corrected chi connectivity index (χ1v) is 10.2. The molecular formula is C22H24ClN3O5. The van der Waals surface area contributed by atoms with Crippen molar-refractivity contribution in [2.75, 3.05) is 32.2 Å². The van der Waals surface area contributed by atoms with Crippen LogP contribution in [0.5, 0.6) is 23.0 Å². The van der Waals surface area contributed by atoms with Gasteiger partial charge >= 0.3 is 6.03 Å². The quantitative estimate of drug-likeness (QED) is 0.445. The van der Waals surface area contributed by atoms with Gasteiger partial charge in [0.1, 0.15) is 18.1 Å². The van der Waals surface area contributed by atoms with Crippen LogP contribution in [0.1, 0.15) is 13.3 Å². The van der Waals surface area contributed by atoms with Crippen LogP contribution in [-0.2, 0) is 0 Å². The number of amides is 2. The Balaban J connectivity index is 1.84. The van der Waals surface area contributed by atoms with E-state index in [9.17, 15) is 4.79 Å². The summed E-state index contributed by atoms with van der Waals surface area (Å²) in [7, 11) is 1.53. The van der Waals surface area contributed by atoms with Gasteiger partial charge < -0.3 is 30.0 Å². The molecule has 164 valence electrons. The van der Waals surface area contributed by atoms with Crippen LogP contribution in [0.3, 0.4) is 0 Å². The number of ether oxygens (including phenoxy) is 3. The summed E-state index contributed by atoms with van der Waals surface area (Å²) in [5.41, 5.74) is 1.12. The third-order valence-corrected chi connectivity index (χ3v) is 4.60. The molecule has 0 spiro atoms. The van der Waals surface area contributed by atoms with Crippen LogP contribution in [0.25, 0.3) is 10.9 Å². The van der Waals surface area contributed by atoms with E-state index < -0.39 is 0 Å². The first-order valence-electron chi connectivity index (χ1n) is 9.78. The molecule has 0 bridgehead atoms. The largest absolute Gasteiger partial charge is 0.493 e. The predicted octanol–water partition coefficient (Wildman–Crippen LogP) is 4.59. The third-order valence-electron chi connectivity index (χ3n) is 4.29. The van der Waals surface area contributed by atoms with E-state index in [2.05, 4.69) is 15.6 Å². The highest BCUT2D eigenvalue weighted by atomic mass is 35.5. The summed E-state index contributed by atoms with van der Waals surface area (Å²) in [6, 6.07) is 9.92. The number of rotatable bonds is 9. The molecule has 1 aromatic heterocycles. The maximum Gasteiger partial charge on any atom is 0.319 e. The molecular weight excluding hydrogens is 422 g/mol. The van der Waals surface area contributed by atoms with Gasteiger partial charge in [0, 0.05) is 30.3 Å². The van der Waals surface area contributed by atoms with Gasteiger partial charge in [-0.05, 0) is 30.7 Å². The lowest BCUT2D eigenvalue weighted by Crippen LogP contribution is -2.29. The predicted molar refractivity (Wildman–Crippen MR) is 120 cm³/mol. The molecule has 0 saturated heterocycles. The minimum atomic E-state index is -0.316. The number of nitrogens with one attached hydrogen (secondary N) is 2. The number of carbonyl (C=O) groups excluding carboxylic acids is 1. The van der Waals surface area contributed by atoms with Crippen molar-refractivity contribution in [3.63, 3.8) is 0 Å². The Bertz CT molecular complexity index is 1060. The standard InChI is InChI=1S/C22H24ClN3O5/c1-3-7-25-22(28)26-17-5-4-14(11-16(17)23)31-19-6-8-24-18-13-21(30-10-9-27)20(29-2)12-15(18)19/h4-6,8,11-13,27H,3,7,9-10H2,1-2H3,(H2,25,26,28). The van der Waals surface area contributed by atoms with Crippen molar-refractivity contribution in [3.05, 3.63) is 47.6 Å². The molecule has 0 unspecified atom stereocenters. The van der Waals surface area contributed by atoms with Crippen molar-refractivity contribution in [2.24, 2.45) is 0 Å². The summed E-state index contributed by atoms with van der Waals surface area (Å²) in [4.78, 5) is 16.2. The number of urea groups is 1. The summed E-state index contributed by atoms with van der Waals surface area (Å²) < 4.78 is 16.9. The number of aliphatic hydroxyl groups is 1. The Labute approximate surface area is 185 Å². The Morgan fingerprint density at radius 1 is 1.16 bits per heavy atom. The highest BCUT2D eigenvalue weighted by Gasteiger charge is 2.13. The van der Waals surface area contributed by atoms with E-state index in [1.807, 2.05) is 6.92 Å². The van der Waals surface area contributed by atoms with Gasteiger partial charge in [0.25, 0.3) is 0 Å². The summed E-state index contributed by atoms with van der Waals surface area (Å²) in [5.74, 6) is 2.02. The highest BCUT2D eigenvalue weighted by Crippen LogP contribution is 2.38. The molecule has 0 radical (unpaired) electrons. The number of benzene rings is 2. The summed E-state index contributed by atoms with van der Waals surface area (Å²) in [5, 5.41) is 15.5. The number of aliphatic hydroxyl groups excluding tert-OH is 1. The molecule has 9 heteroatoms. The van der Waals surface area contributed by atoms with Gasteiger partial charge in [0.2, 0.25) is 0 Å². The van der Waals surface area contributed by atoms with E-state index in [4.69, 9.17) is 30.9 Å². The fourth-order valence-corrected chi connectivity index (χ4v) is 3.06. The number of pyridine rings is 1. The zero-order valence-corrected chi connectivity index (χ0v) is 18.0. The zero-order chi connectivity index (χ0) is 22.2. The van der Waals surface area contributed by atoms with Crippen LogP contribution in [0.15, 0.2) is 42.6 Å². The summed E-state index contributed by atoms with van der Waals surface area (Å²) >= 11 is 6.32. The van der Waals surface area contributed by atoms with Crippen molar-refractivity contribution in [3.8, 4) is 23.0 Å². The van der Waals surface area contributed by atoms with E-state index in [1.165, 1.54) is 7.11 Å². The number of carbonyl (C=O) groups is 1. The maximum absolute atomic E-state index is 11.8. The van der Waals surface area contributed by atoms with E-state index in [0.717, 1.165) is 6.42 Å². The maximum atomic E-state index is 11.8. The zero-order valence-electron chi connectivity index (χ0n) is 17.3. The van der Waals surface area contributed by atoms with Crippen LogP contribution < -0.4 is 24.8 Å². The summed E-state index contributed by atoms with van der Waals surface area (Å²) in [6.07, 6.45) is 2.46. The van der Waals surface area contributed by atoms with Gasteiger partial charge in [-0.3, -0.25) is 4.98 Å². The van der Waals surface area contributed by atoms with Crippen molar-refractivity contribution < 1.29 is 24.1 Å². The minimum absolute atomic E-state index is 0.107. The van der Waals surface area contributed by atoms with E-state index in [0.29, 0.717) is 51.2 Å². The number of fused-ring (bicyclic) bond motifs is 1. The molecule has 0 aliphatic carbocycles. The van der Waals surface area contributed by atoms with Gasteiger partial charge in [-0.1, -0.05) is 18.5 Å². The van der Waals surface area contributed by atoms with Gasteiger partial charge in [0.05, 0.1) is 29.9 Å². The Morgan fingerprint density at radius 3 is 2.71 bits per heavy atom. The molecule has 8 nitrogen and oxygen atoms in total. The van der Waals surface area contributed by atoms with Crippen LogP contribution >= 0.6 is 11.6 Å². The number of hydrogen-bond acceptors (Lipinski definition) is 6. The van der Waals surface area contributed by atoms with E-state index >= 15 is 0 Å². The molecule has 0 aliphatic heterocycles. The van der Waals surface area contributed by atoms with Crippen LogP contribution in [-0.4, -0.2) is 43.0 Å². The number of hydrogen-bond donors (Lipinski definition) is 3. The van der Waals surface area contributed by atoms with E-state index in [1.54, 1.807) is 42.6 Å². The molecule has 2 amide bonds.